The zero-order chi connectivity index (χ0) is 90.2. The monoisotopic (exact) mass is 1760 g/mol. The normalized spacial score (nSPS) is 20.5. The van der Waals surface area contributed by atoms with Crippen molar-refractivity contribution in [2.24, 2.45) is 23.7 Å². The van der Waals surface area contributed by atoms with Gasteiger partial charge in [0, 0.05) is 105 Å². The number of hydrogen-bond acceptors (Lipinski definition) is 6. The largest absolute Gasteiger partial charge is 0.311 e. The molecular formula is C128H119N5S. The molecule has 1 heterocycles. The summed E-state index contributed by atoms with van der Waals surface area (Å²) in [6.07, 6.45) is 26.9. The summed E-state index contributed by atoms with van der Waals surface area (Å²) in [6.45, 7) is 12.6. The summed E-state index contributed by atoms with van der Waals surface area (Å²) in [5, 5.41) is 2.60. The van der Waals surface area contributed by atoms with Crippen molar-refractivity contribution in [1.82, 2.24) is 0 Å². The van der Waals surface area contributed by atoms with Gasteiger partial charge in [0.05, 0.1) is 0 Å². The van der Waals surface area contributed by atoms with E-state index in [1.165, 1.54) is 190 Å². The van der Waals surface area contributed by atoms with Gasteiger partial charge in [0.25, 0.3) is 0 Å². The topological polar surface area (TPSA) is 16.2 Å². The molecule has 0 spiro atoms. The Morgan fingerprint density at radius 1 is 0.254 bits per heavy atom. The van der Waals surface area contributed by atoms with E-state index in [1.54, 1.807) is 11.1 Å². The first-order valence-electron chi connectivity index (χ1n) is 49.3. The van der Waals surface area contributed by atoms with E-state index < -0.39 is 0 Å². The van der Waals surface area contributed by atoms with Gasteiger partial charge in [0.15, 0.2) is 0 Å². The molecule has 16 aromatic carbocycles. The molecule has 8 saturated carbocycles. The van der Waals surface area contributed by atoms with Crippen molar-refractivity contribution in [3.05, 3.63) is 464 Å². The van der Waals surface area contributed by atoms with E-state index in [-0.39, 0.29) is 21.7 Å². The van der Waals surface area contributed by atoms with Crippen LogP contribution in [0.2, 0.25) is 0 Å². The van der Waals surface area contributed by atoms with Crippen LogP contribution in [0, 0.1) is 23.7 Å². The Balaban J connectivity index is 0.000000156. The molecule has 134 heavy (non-hydrogen) atoms. The smallest absolute Gasteiger partial charge is 0.0468 e. The maximum Gasteiger partial charge on any atom is 0.0468 e. The molecule has 0 N–H and O–H groups in total. The van der Waals surface area contributed by atoms with Crippen molar-refractivity contribution in [2.45, 2.75) is 151 Å². The minimum absolute atomic E-state index is 0.230. The van der Waals surface area contributed by atoms with Crippen molar-refractivity contribution in [1.29, 1.82) is 0 Å². The molecular weight excluding hydrogens is 1640 g/mol. The van der Waals surface area contributed by atoms with Crippen molar-refractivity contribution in [2.75, 3.05) is 24.5 Å². The fourth-order valence-corrected chi connectivity index (χ4v) is 26.7. The van der Waals surface area contributed by atoms with E-state index in [0.29, 0.717) is 0 Å². The van der Waals surface area contributed by atoms with Gasteiger partial charge in [-0.25, -0.2) is 0 Å². The maximum atomic E-state index is 4.03. The summed E-state index contributed by atoms with van der Waals surface area (Å²) in [6, 6.07) is 152. The number of rotatable bonds is 28. The van der Waals surface area contributed by atoms with Crippen molar-refractivity contribution >= 4 is 129 Å². The minimum Gasteiger partial charge on any atom is -0.311 e. The fraction of sp³-hybridized carbons (Fsp3) is 0.219. The number of thiophene rings is 1. The lowest BCUT2D eigenvalue weighted by molar-refractivity contribution is -0.0282. The first-order valence-corrected chi connectivity index (χ1v) is 50.2. The van der Waals surface area contributed by atoms with Crippen LogP contribution in [0.4, 0.5) is 85.3 Å². The molecule has 0 radical (unpaired) electrons. The molecule has 8 bridgehead atoms. The number of hydrogen-bond donors (Lipinski definition) is 0. The number of fused-ring (bicyclic) bond motifs is 3. The third-order valence-corrected chi connectivity index (χ3v) is 32.3. The maximum absolute atomic E-state index is 4.03. The second kappa shape index (κ2) is 37.0. The van der Waals surface area contributed by atoms with Gasteiger partial charge >= 0.3 is 0 Å². The number of benzene rings is 16. The van der Waals surface area contributed by atoms with Gasteiger partial charge < -0.3 is 24.5 Å². The van der Waals surface area contributed by atoms with E-state index in [2.05, 4.69) is 458 Å². The van der Waals surface area contributed by atoms with Gasteiger partial charge in [-0.3, -0.25) is 0 Å². The van der Waals surface area contributed by atoms with Gasteiger partial charge in [-0.1, -0.05) is 264 Å². The Bertz CT molecular complexity index is 6850. The van der Waals surface area contributed by atoms with Crippen LogP contribution in [0.15, 0.2) is 420 Å². The summed E-state index contributed by atoms with van der Waals surface area (Å²) >= 11 is 1.87. The summed E-state index contributed by atoms with van der Waals surface area (Å²) in [5.74, 6) is 3.20. The minimum atomic E-state index is 0.230. The predicted molar refractivity (Wildman–Crippen MR) is 571 cm³/mol. The molecule has 4 unspecified atom stereocenters. The van der Waals surface area contributed by atoms with Crippen LogP contribution >= 0.6 is 11.3 Å². The summed E-state index contributed by atoms with van der Waals surface area (Å²) < 4.78 is 2.63. The Morgan fingerprint density at radius 3 is 0.821 bits per heavy atom. The molecule has 0 aliphatic heterocycles. The van der Waals surface area contributed by atoms with E-state index in [9.17, 15) is 0 Å². The Hall–Kier alpha value is -13.8. The molecule has 5 nitrogen and oxygen atoms in total. The molecule has 8 fully saturated rings. The molecule has 8 aliphatic rings. The lowest BCUT2D eigenvalue weighted by atomic mass is 9.41. The number of unbranched alkanes of at least 4 members (excludes halogenated alkanes) is 2. The zero-order valence-electron chi connectivity index (χ0n) is 77.4. The lowest BCUT2D eigenvalue weighted by Crippen LogP contribution is -2.55. The SMILES string of the molecule is C=Cc1ccc(C23CC4CC(C2)CC(c2ccc(N(c5ccc(CCCC)cc5)c5ccc(N(c6ccc(-c7ccccc7)cc6)c6ccc7sc8ccccc8c7c6)cc5)cc2)(C4)C3)cc1.C=Cc1ccc(C23CC4CC(C2)CC(c2ccc(N(c5ccc(CCCC)cc5)c5ccc(N(c6ccccc6)c6ccc(N(c7ccccc7)c7ccccc7)cc6)cc5)cc2)(C4)C3)cc1. The molecule has 1 aromatic heterocycles. The molecule has 6 heteroatoms. The second-order valence-corrected chi connectivity index (χ2v) is 40.8. The van der Waals surface area contributed by atoms with Crippen LogP contribution < -0.4 is 24.5 Å². The van der Waals surface area contributed by atoms with Gasteiger partial charge in [-0.2, -0.15) is 0 Å². The lowest BCUT2D eigenvalue weighted by Gasteiger charge is -2.63. The van der Waals surface area contributed by atoms with Crippen LogP contribution in [0.3, 0.4) is 0 Å². The van der Waals surface area contributed by atoms with E-state index in [0.717, 1.165) is 99.1 Å². The van der Waals surface area contributed by atoms with Crippen molar-refractivity contribution < 1.29 is 0 Å². The quantitative estimate of drug-likeness (QED) is 0.0484. The summed E-state index contributed by atoms with van der Waals surface area (Å²) in [4.78, 5) is 12.0. The molecule has 17 aromatic rings. The predicted octanol–water partition coefficient (Wildman–Crippen LogP) is 36.3. The van der Waals surface area contributed by atoms with Crippen LogP contribution in [-0.2, 0) is 34.5 Å². The van der Waals surface area contributed by atoms with E-state index in [4.69, 9.17) is 0 Å². The molecule has 8 aliphatic carbocycles. The number of aryl methyl sites for hydroxylation is 2. The summed E-state index contributed by atoms with van der Waals surface area (Å²) in [5.41, 5.74) is 31.9. The average molecular weight is 1760 g/mol. The molecule has 0 amide bonds. The fourth-order valence-electron chi connectivity index (χ4n) is 25.6. The number of para-hydroxylation sites is 3. The Kier molecular flexibility index (Phi) is 23.7. The molecule has 0 saturated heterocycles. The first-order chi connectivity index (χ1) is 66.0. The number of nitrogens with zero attached hydrogens (tertiary/aromatic N) is 5. The first kappa shape index (κ1) is 85.7. The van der Waals surface area contributed by atoms with Gasteiger partial charge in [0.2, 0.25) is 0 Å². The van der Waals surface area contributed by atoms with Crippen molar-refractivity contribution in [3.8, 4) is 11.1 Å². The highest BCUT2D eigenvalue weighted by atomic mass is 32.1. The average Bonchev–Trinajstić information content (AvgIpc) is 0.748. The third kappa shape index (κ3) is 16.9. The van der Waals surface area contributed by atoms with Gasteiger partial charge in [-0.05, 0) is 398 Å². The summed E-state index contributed by atoms with van der Waals surface area (Å²) in [7, 11) is 0. The molecule has 4 atom stereocenters. The molecule has 25 rings (SSSR count). The van der Waals surface area contributed by atoms with Crippen molar-refractivity contribution in [3.63, 3.8) is 0 Å². The molecule has 662 valence electrons. The highest BCUT2D eigenvalue weighted by Gasteiger charge is 2.60. The van der Waals surface area contributed by atoms with Crippen LogP contribution in [0.1, 0.15) is 161 Å². The van der Waals surface area contributed by atoms with E-state index in [1.807, 2.05) is 23.5 Å². The van der Waals surface area contributed by atoms with Crippen LogP contribution in [0.5, 0.6) is 0 Å². The van der Waals surface area contributed by atoms with E-state index >= 15 is 0 Å². The Labute approximate surface area is 797 Å². The van der Waals surface area contributed by atoms with Gasteiger partial charge in [0.1, 0.15) is 0 Å². The highest BCUT2D eigenvalue weighted by Crippen LogP contribution is 2.68. The number of anilines is 15. The standard InChI is InChI=1S/C64H61N3.C64H58N2S/c1-3-5-15-49-24-30-57(31-25-49)67(58-32-28-53(29-33-58)64-45-50-42-51(46-64)44-63(43-50,47-64)52-26-22-48(4-2)23-27-52)62-40-38-61(39-41-62)66(56-20-13-8-14-21-56)60-36-34-59(35-37-60)65(54-16-9-6-10-17-54)55-18-11-7-12-19-55;1-3-5-11-46-18-26-53(27-19-46)65(55-30-24-52(25-31-55)64-42-47-38-48(43-64)41-63(40-47,44-64)51-22-16-45(4-2)17-23-51)56-32-34-57(35-33-56)66(54-28-20-50(21-29-54)49-12-7-6-8-13-49)58-36-37-62-60(39-58)59-14-9-10-15-61(59)67-62/h4,6-14,16-41,50-51H,2-3,5,15,42-47H2,1H3;4,6-10,12-37,39,47-48H,2-3,5,11,38,40-44H2,1H3. The highest BCUT2D eigenvalue weighted by molar-refractivity contribution is 7.25. The van der Waals surface area contributed by atoms with Gasteiger partial charge in [-0.15, -0.1) is 11.3 Å². The Morgan fingerprint density at radius 2 is 0.500 bits per heavy atom. The van der Waals surface area contributed by atoms with Crippen LogP contribution in [-0.4, -0.2) is 0 Å². The zero-order valence-corrected chi connectivity index (χ0v) is 78.2. The third-order valence-electron chi connectivity index (χ3n) is 31.1. The second-order valence-electron chi connectivity index (χ2n) is 39.8. The van der Waals surface area contributed by atoms with Crippen LogP contribution in [0.25, 0.3) is 43.5 Å².